The lowest BCUT2D eigenvalue weighted by Crippen LogP contribution is -1.99. The van der Waals surface area contributed by atoms with Gasteiger partial charge < -0.3 is 4.74 Å². The minimum atomic E-state index is -0.639. The molecule has 4 heteroatoms. The van der Waals surface area contributed by atoms with Crippen molar-refractivity contribution in [1.29, 1.82) is 0 Å². The Morgan fingerprint density at radius 2 is 1.87 bits per heavy atom. The molecule has 0 amide bonds. The van der Waals surface area contributed by atoms with Gasteiger partial charge in [-0.15, -0.1) is 0 Å². The van der Waals surface area contributed by atoms with Crippen LogP contribution in [0.4, 0.5) is 0 Å². The molecule has 0 saturated carbocycles. The van der Waals surface area contributed by atoms with Crippen LogP contribution >= 0.6 is 0 Å². The van der Waals surface area contributed by atoms with Crippen molar-refractivity contribution in [3.8, 4) is 0 Å². The molecule has 1 heterocycles. The minimum absolute atomic E-state index is 0.00707. The van der Waals surface area contributed by atoms with Crippen molar-refractivity contribution in [2.45, 2.75) is 13.3 Å². The molecule has 2 rings (SSSR count). The van der Waals surface area contributed by atoms with Crippen LogP contribution < -0.4 is 0 Å². The van der Waals surface area contributed by atoms with Gasteiger partial charge in [-0.25, -0.2) is 9.59 Å². The van der Waals surface area contributed by atoms with Crippen molar-refractivity contribution >= 4 is 17.7 Å². The Morgan fingerprint density at radius 1 is 1.20 bits per heavy atom. The van der Waals surface area contributed by atoms with Crippen LogP contribution in [0.25, 0.3) is 0 Å². The first-order valence-electron chi connectivity index (χ1n) is 4.47. The molecule has 0 spiro atoms. The summed E-state index contributed by atoms with van der Waals surface area (Å²) < 4.78 is 4.43. The van der Waals surface area contributed by atoms with E-state index in [2.05, 4.69) is 4.74 Å². The predicted molar refractivity (Wildman–Crippen MR) is 50.6 cm³/mol. The fraction of sp³-hybridized carbons (Fsp3) is 0.182. The number of carbonyl (C=O) groups is 3. The molecule has 0 aromatic heterocycles. The van der Waals surface area contributed by atoms with Crippen molar-refractivity contribution < 1.29 is 19.1 Å². The van der Waals surface area contributed by atoms with Crippen LogP contribution in [-0.4, -0.2) is 17.7 Å². The molecule has 1 aliphatic heterocycles. The average molecular weight is 204 g/mol. The molecule has 0 N–H and O–H groups in total. The summed E-state index contributed by atoms with van der Waals surface area (Å²) in [7, 11) is 0. The van der Waals surface area contributed by atoms with Crippen LogP contribution in [0.15, 0.2) is 18.2 Å². The number of Topliss-reactive ketones (excluding diaryl/α,β-unsaturated/α-hetero) is 1. The molecule has 0 fully saturated rings. The Labute approximate surface area is 85.8 Å². The van der Waals surface area contributed by atoms with Gasteiger partial charge in [0.15, 0.2) is 0 Å². The van der Waals surface area contributed by atoms with Crippen molar-refractivity contribution in [2.75, 3.05) is 0 Å². The molecule has 0 atom stereocenters. The summed E-state index contributed by atoms with van der Waals surface area (Å²) in [4.78, 5) is 33.2. The fourth-order valence-corrected chi connectivity index (χ4v) is 1.53. The van der Waals surface area contributed by atoms with Gasteiger partial charge in [0, 0.05) is 6.42 Å². The van der Waals surface area contributed by atoms with Crippen LogP contribution in [0.2, 0.25) is 0 Å². The molecular weight excluding hydrogens is 196 g/mol. The molecule has 15 heavy (non-hydrogen) atoms. The Morgan fingerprint density at radius 3 is 2.53 bits per heavy atom. The molecule has 4 nitrogen and oxygen atoms in total. The highest BCUT2D eigenvalue weighted by Crippen LogP contribution is 2.21. The first-order chi connectivity index (χ1) is 7.08. The van der Waals surface area contributed by atoms with Gasteiger partial charge in [-0.1, -0.05) is 6.07 Å². The van der Waals surface area contributed by atoms with Gasteiger partial charge in [0.25, 0.3) is 0 Å². The summed E-state index contributed by atoms with van der Waals surface area (Å²) in [6, 6.07) is 4.70. The average Bonchev–Trinajstić information content (AvgIpc) is 2.41. The van der Waals surface area contributed by atoms with Crippen molar-refractivity contribution in [1.82, 2.24) is 0 Å². The summed E-state index contributed by atoms with van der Waals surface area (Å²) in [5.74, 6) is -1.25. The number of rotatable bonds is 2. The van der Waals surface area contributed by atoms with E-state index >= 15 is 0 Å². The number of ether oxygens (including phenoxy) is 1. The molecule has 0 radical (unpaired) electrons. The second kappa shape index (κ2) is 3.31. The highest BCUT2D eigenvalue weighted by molar-refractivity contribution is 6.14. The quantitative estimate of drug-likeness (QED) is 0.535. The summed E-state index contributed by atoms with van der Waals surface area (Å²) in [6.45, 7) is 1.47. The highest BCUT2D eigenvalue weighted by atomic mass is 16.6. The number of hydrogen-bond acceptors (Lipinski definition) is 4. The van der Waals surface area contributed by atoms with Crippen molar-refractivity contribution in [2.24, 2.45) is 0 Å². The molecule has 76 valence electrons. The maximum absolute atomic E-state index is 11.2. The number of ketones is 1. The molecular formula is C11H8O4. The summed E-state index contributed by atoms with van der Waals surface area (Å²) in [5, 5.41) is 0. The fourth-order valence-electron chi connectivity index (χ4n) is 1.53. The van der Waals surface area contributed by atoms with E-state index in [1.807, 2.05) is 0 Å². The third kappa shape index (κ3) is 1.66. The normalized spacial score (nSPS) is 13.7. The van der Waals surface area contributed by atoms with Gasteiger partial charge in [-0.05, 0) is 24.6 Å². The summed E-state index contributed by atoms with van der Waals surface area (Å²) in [6.07, 6.45) is 0.259. The topological polar surface area (TPSA) is 60.4 Å². The third-order valence-electron chi connectivity index (χ3n) is 2.16. The number of hydrogen-bond donors (Lipinski definition) is 0. The van der Waals surface area contributed by atoms with Crippen LogP contribution in [0.3, 0.4) is 0 Å². The second-order valence-electron chi connectivity index (χ2n) is 3.44. The number of cyclic esters (lactones) is 2. The number of fused-ring (bicyclic) bond motifs is 1. The zero-order valence-corrected chi connectivity index (χ0v) is 8.07. The van der Waals surface area contributed by atoms with Gasteiger partial charge in [-0.2, -0.15) is 0 Å². The standard InChI is InChI=1S/C11H8O4/c1-6(12)4-7-2-3-8-9(5-7)11(14)15-10(8)13/h2-3,5H,4H2,1H3. The Hall–Kier alpha value is -1.97. The van der Waals surface area contributed by atoms with Gasteiger partial charge >= 0.3 is 11.9 Å². The number of carbonyl (C=O) groups excluding carboxylic acids is 3. The molecule has 0 unspecified atom stereocenters. The van der Waals surface area contributed by atoms with Crippen LogP contribution in [0, 0.1) is 0 Å². The van der Waals surface area contributed by atoms with E-state index in [4.69, 9.17) is 0 Å². The molecule has 1 aliphatic rings. The van der Waals surface area contributed by atoms with Gasteiger partial charge in [0.05, 0.1) is 11.1 Å². The SMILES string of the molecule is CC(=O)Cc1ccc2c(c1)C(=O)OC2=O. The minimum Gasteiger partial charge on any atom is -0.386 e. The smallest absolute Gasteiger partial charge is 0.346 e. The third-order valence-corrected chi connectivity index (χ3v) is 2.16. The van der Waals surface area contributed by atoms with Crippen molar-refractivity contribution in [3.05, 3.63) is 34.9 Å². The van der Waals surface area contributed by atoms with E-state index < -0.39 is 11.9 Å². The predicted octanol–water partition coefficient (Wildman–Crippen LogP) is 1.13. The van der Waals surface area contributed by atoms with Crippen LogP contribution in [0.1, 0.15) is 33.2 Å². The lowest BCUT2D eigenvalue weighted by Gasteiger charge is -1.98. The Kier molecular flexibility index (Phi) is 2.11. The largest absolute Gasteiger partial charge is 0.386 e. The van der Waals surface area contributed by atoms with E-state index in [0.29, 0.717) is 5.56 Å². The second-order valence-corrected chi connectivity index (χ2v) is 3.44. The van der Waals surface area contributed by atoms with E-state index in [-0.39, 0.29) is 23.3 Å². The van der Waals surface area contributed by atoms with Gasteiger partial charge in [0.1, 0.15) is 5.78 Å². The lowest BCUT2D eigenvalue weighted by atomic mass is 10.0. The molecule has 0 saturated heterocycles. The molecule has 1 aromatic carbocycles. The zero-order chi connectivity index (χ0) is 11.0. The first kappa shape index (κ1) is 9.58. The first-order valence-corrected chi connectivity index (χ1v) is 4.47. The lowest BCUT2D eigenvalue weighted by molar-refractivity contribution is -0.116. The maximum Gasteiger partial charge on any atom is 0.346 e. The Bertz CT molecular complexity index is 473. The zero-order valence-electron chi connectivity index (χ0n) is 8.07. The summed E-state index contributed by atoms with van der Waals surface area (Å²) >= 11 is 0. The summed E-state index contributed by atoms with van der Waals surface area (Å²) in [5.41, 5.74) is 1.24. The molecule has 0 bridgehead atoms. The number of esters is 2. The Balaban J connectivity index is 2.42. The van der Waals surface area contributed by atoms with Gasteiger partial charge in [0.2, 0.25) is 0 Å². The number of benzene rings is 1. The highest BCUT2D eigenvalue weighted by Gasteiger charge is 2.29. The maximum atomic E-state index is 11.2. The van der Waals surface area contributed by atoms with E-state index in [1.165, 1.54) is 19.1 Å². The monoisotopic (exact) mass is 204 g/mol. The van der Waals surface area contributed by atoms with E-state index in [9.17, 15) is 14.4 Å². The van der Waals surface area contributed by atoms with Gasteiger partial charge in [-0.3, -0.25) is 4.79 Å². The molecule has 1 aromatic rings. The van der Waals surface area contributed by atoms with E-state index in [1.54, 1.807) is 6.07 Å². The van der Waals surface area contributed by atoms with Crippen LogP contribution in [0.5, 0.6) is 0 Å². The molecule has 0 aliphatic carbocycles. The van der Waals surface area contributed by atoms with E-state index in [0.717, 1.165) is 0 Å². The van der Waals surface area contributed by atoms with Crippen molar-refractivity contribution in [3.63, 3.8) is 0 Å². The van der Waals surface area contributed by atoms with Crippen LogP contribution in [-0.2, 0) is 16.0 Å².